The van der Waals surface area contributed by atoms with E-state index in [2.05, 4.69) is 11.3 Å². The number of carbonyl (C=O) groups excluding carboxylic acids is 1. The number of hydrogen-bond donors (Lipinski definition) is 3. The van der Waals surface area contributed by atoms with E-state index in [1.807, 2.05) is 0 Å². The highest BCUT2D eigenvalue weighted by Gasteiger charge is 2.17. The molecule has 0 aromatic heterocycles. The van der Waals surface area contributed by atoms with Crippen molar-refractivity contribution in [2.45, 2.75) is 6.92 Å². The van der Waals surface area contributed by atoms with Gasteiger partial charge in [-0.15, -0.1) is 0 Å². The van der Waals surface area contributed by atoms with E-state index in [0.717, 1.165) is 6.08 Å². The van der Waals surface area contributed by atoms with Crippen LogP contribution in [0.15, 0.2) is 30.9 Å². The molecule has 0 saturated heterocycles. The van der Waals surface area contributed by atoms with Gasteiger partial charge in [0.1, 0.15) is 0 Å². The van der Waals surface area contributed by atoms with Crippen LogP contribution in [0.4, 0.5) is 5.69 Å². The highest BCUT2D eigenvalue weighted by atomic mass is 16.5. The van der Waals surface area contributed by atoms with Gasteiger partial charge in [-0.1, -0.05) is 12.6 Å². The highest BCUT2D eigenvalue weighted by Crippen LogP contribution is 2.16. The second kappa shape index (κ2) is 8.30. The van der Waals surface area contributed by atoms with Crippen LogP contribution < -0.4 is 5.73 Å². The molecule has 1 rings (SSSR count). The van der Waals surface area contributed by atoms with Crippen molar-refractivity contribution >= 4 is 23.6 Å². The predicted molar refractivity (Wildman–Crippen MR) is 71.6 cm³/mol. The van der Waals surface area contributed by atoms with Crippen LogP contribution >= 0.6 is 0 Å². The SMILES string of the molecule is C=CC(=O)OCC.Nc1cccc(C(=O)O)c1C(=O)O. The molecule has 7 nitrogen and oxygen atoms in total. The monoisotopic (exact) mass is 281 g/mol. The molecule has 4 N–H and O–H groups in total. The summed E-state index contributed by atoms with van der Waals surface area (Å²) in [5.41, 5.74) is 4.60. The molecule has 0 spiro atoms. The highest BCUT2D eigenvalue weighted by molar-refractivity contribution is 6.05. The first-order valence-electron chi connectivity index (χ1n) is 5.49. The standard InChI is InChI=1S/C8H7NO4.C5H8O2/c9-5-3-1-2-4(7(10)11)6(5)8(12)13;1-3-5(6)7-4-2/h1-3H,9H2,(H,10,11)(H,12,13);3H,1,4H2,2H3. The van der Waals surface area contributed by atoms with Crippen molar-refractivity contribution in [1.29, 1.82) is 0 Å². The summed E-state index contributed by atoms with van der Waals surface area (Å²) in [6.45, 7) is 5.38. The maximum absolute atomic E-state index is 10.6. The van der Waals surface area contributed by atoms with Crippen molar-refractivity contribution in [3.63, 3.8) is 0 Å². The molecule has 0 saturated carbocycles. The van der Waals surface area contributed by atoms with Gasteiger partial charge in [0.2, 0.25) is 0 Å². The fourth-order valence-corrected chi connectivity index (χ4v) is 1.19. The van der Waals surface area contributed by atoms with Crippen LogP contribution in [0.3, 0.4) is 0 Å². The fourth-order valence-electron chi connectivity index (χ4n) is 1.19. The second-order valence-electron chi connectivity index (χ2n) is 3.34. The Kier molecular flexibility index (Phi) is 7.13. The summed E-state index contributed by atoms with van der Waals surface area (Å²) in [6, 6.07) is 3.93. The summed E-state index contributed by atoms with van der Waals surface area (Å²) in [6.07, 6.45) is 1.14. The summed E-state index contributed by atoms with van der Waals surface area (Å²) in [4.78, 5) is 31.2. The Balaban J connectivity index is 0.000000441. The average Bonchev–Trinajstić information content (AvgIpc) is 2.38. The molecule has 0 fully saturated rings. The number of carboxylic acid groups (broad SMARTS) is 2. The van der Waals surface area contributed by atoms with Crippen LogP contribution in [0.5, 0.6) is 0 Å². The number of esters is 1. The molecule has 0 unspecified atom stereocenters. The first kappa shape index (κ1) is 17.2. The molecule has 0 aliphatic carbocycles. The Morgan fingerprint density at radius 2 is 1.90 bits per heavy atom. The van der Waals surface area contributed by atoms with Crippen molar-refractivity contribution < 1.29 is 29.3 Å². The zero-order valence-corrected chi connectivity index (χ0v) is 10.8. The molecular formula is C13H15NO6. The minimum atomic E-state index is -1.34. The lowest BCUT2D eigenvalue weighted by Gasteiger charge is -2.03. The topological polar surface area (TPSA) is 127 Å². The van der Waals surface area contributed by atoms with Gasteiger partial charge in [0.05, 0.1) is 17.7 Å². The number of nitrogen functional groups attached to an aromatic ring is 1. The summed E-state index contributed by atoms with van der Waals surface area (Å²) in [5, 5.41) is 17.3. The van der Waals surface area contributed by atoms with Gasteiger partial charge in [0.25, 0.3) is 0 Å². The molecule has 0 heterocycles. The van der Waals surface area contributed by atoms with Gasteiger partial charge in [-0.2, -0.15) is 0 Å². The van der Waals surface area contributed by atoms with Gasteiger partial charge in [0, 0.05) is 11.8 Å². The van der Waals surface area contributed by atoms with Crippen LogP contribution in [0.25, 0.3) is 0 Å². The smallest absolute Gasteiger partial charge is 0.338 e. The number of carboxylic acids is 2. The third-order valence-corrected chi connectivity index (χ3v) is 1.99. The number of rotatable bonds is 4. The third-order valence-electron chi connectivity index (χ3n) is 1.99. The number of carbonyl (C=O) groups is 3. The molecule has 0 atom stereocenters. The zero-order chi connectivity index (χ0) is 15.7. The van der Waals surface area contributed by atoms with E-state index in [1.54, 1.807) is 6.92 Å². The number of ether oxygens (including phenoxy) is 1. The van der Waals surface area contributed by atoms with Crippen molar-refractivity contribution in [2.24, 2.45) is 0 Å². The van der Waals surface area contributed by atoms with Gasteiger partial charge >= 0.3 is 17.9 Å². The zero-order valence-electron chi connectivity index (χ0n) is 10.8. The van der Waals surface area contributed by atoms with Crippen LogP contribution in [0.2, 0.25) is 0 Å². The summed E-state index contributed by atoms with van der Waals surface area (Å²) >= 11 is 0. The second-order valence-corrected chi connectivity index (χ2v) is 3.34. The maximum atomic E-state index is 10.6. The molecular weight excluding hydrogens is 266 g/mol. The molecule has 108 valence electrons. The van der Waals surface area contributed by atoms with E-state index in [1.165, 1.54) is 18.2 Å². The van der Waals surface area contributed by atoms with E-state index in [0.29, 0.717) is 6.61 Å². The van der Waals surface area contributed by atoms with Gasteiger partial charge in [-0.05, 0) is 19.1 Å². The molecule has 0 aliphatic heterocycles. The van der Waals surface area contributed by atoms with Crippen molar-refractivity contribution in [3.05, 3.63) is 42.0 Å². The van der Waals surface area contributed by atoms with Crippen molar-refractivity contribution in [1.82, 2.24) is 0 Å². The lowest BCUT2D eigenvalue weighted by molar-refractivity contribution is -0.137. The van der Waals surface area contributed by atoms with E-state index in [9.17, 15) is 14.4 Å². The Morgan fingerprint density at radius 1 is 1.30 bits per heavy atom. The molecule has 0 amide bonds. The number of hydrogen-bond acceptors (Lipinski definition) is 5. The molecule has 1 aromatic rings. The summed E-state index contributed by atoms with van der Waals surface area (Å²) < 4.78 is 4.43. The normalized spacial score (nSPS) is 8.85. The summed E-state index contributed by atoms with van der Waals surface area (Å²) in [5.74, 6) is -3.00. The molecule has 7 heteroatoms. The minimum absolute atomic E-state index is 0.0487. The molecule has 20 heavy (non-hydrogen) atoms. The van der Waals surface area contributed by atoms with Crippen LogP contribution in [-0.4, -0.2) is 34.7 Å². The van der Waals surface area contributed by atoms with Crippen LogP contribution in [0, 0.1) is 0 Å². The predicted octanol–water partition coefficient (Wildman–Crippen LogP) is 1.40. The van der Waals surface area contributed by atoms with Gasteiger partial charge in [-0.25, -0.2) is 14.4 Å². The molecule has 0 radical (unpaired) electrons. The first-order valence-corrected chi connectivity index (χ1v) is 5.49. The minimum Gasteiger partial charge on any atom is -0.478 e. The average molecular weight is 281 g/mol. The van der Waals surface area contributed by atoms with Crippen LogP contribution in [0.1, 0.15) is 27.6 Å². The summed E-state index contributed by atoms with van der Waals surface area (Å²) in [7, 11) is 0. The molecule has 0 aliphatic rings. The van der Waals surface area contributed by atoms with E-state index >= 15 is 0 Å². The largest absolute Gasteiger partial charge is 0.478 e. The Morgan fingerprint density at radius 3 is 2.20 bits per heavy atom. The third kappa shape index (κ3) is 5.21. The van der Waals surface area contributed by atoms with E-state index in [4.69, 9.17) is 15.9 Å². The van der Waals surface area contributed by atoms with Crippen molar-refractivity contribution in [2.75, 3.05) is 12.3 Å². The Bertz CT molecular complexity index is 524. The Hall–Kier alpha value is -2.83. The fraction of sp³-hybridized carbons (Fsp3) is 0.154. The number of benzene rings is 1. The van der Waals surface area contributed by atoms with E-state index < -0.39 is 11.9 Å². The lowest BCUT2D eigenvalue weighted by Crippen LogP contribution is -2.10. The quantitative estimate of drug-likeness (QED) is 0.432. The van der Waals surface area contributed by atoms with Crippen LogP contribution in [-0.2, 0) is 9.53 Å². The van der Waals surface area contributed by atoms with Gasteiger partial charge in [-0.3, -0.25) is 0 Å². The molecule has 1 aromatic carbocycles. The maximum Gasteiger partial charge on any atom is 0.338 e. The number of nitrogens with two attached hydrogens (primary N) is 1. The number of aromatic carboxylic acids is 2. The lowest BCUT2D eigenvalue weighted by atomic mass is 10.1. The number of anilines is 1. The van der Waals surface area contributed by atoms with Crippen molar-refractivity contribution in [3.8, 4) is 0 Å². The molecule has 0 bridgehead atoms. The van der Waals surface area contributed by atoms with Gasteiger partial charge < -0.3 is 20.7 Å². The van der Waals surface area contributed by atoms with E-state index in [-0.39, 0.29) is 22.8 Å². The Labute approximate surface area is 115 Å². The first-order chi connectivity index (χ1) is 9.34. The van der Waals surface area contributed by atoms with Gasteiger partial charge in [0.15, 0.2) is 0 Å².